The summed E-state index contributed by atoms with van der Waals surface area (Å²) in [5.41, 5.74) is 8.27. The van der Waals surface area contributed by atoms with Crippen molar-refractivity contribution < 1.29 is 9.59 Å². The third kappa shape index (κ3) is 3.94. The van der Waals surface area contributed by atoms with Gasteiger partial charge in [-0.25, -0.2) is 0 Å². The maximum Gasteiger partial charge on any atom is 0.252 e. The van der Waals surface area contributed by atoms with Crippen molar-refractivity contribution in [1.82, 2.24) is 5.32 Å². The molecule has 0 radical (unpaired) electrons. The van der Waals surface area contributed by atoms with E-state index in [2.05, 4.69) is 10.2 Å². The highest BCUT2D eigenvalue weighted by atomic mass is 32.1. The number of nitrogens with one attached hydrogen (secondary N) is 1. The lowest BCUT2D eigenvalue weighted by Gasteiger charge is -2.33. The molecule has 2 heterocycles. The fourth-order valence-electron chi connectivity index (χ4n) is 2.95. The summed E-state index contributed by atoms with van der Waals surface area (Å²) in [5, 5.41) is 6.64. The minimum absolute atomic E-state index is 0.0549. The molecule has 1 aliphatic heterocycles. The first-order valence-corrected chi connectivity index (χ1v) is 9.01. The van der Waals surface area contributed by atoms with Crippen molar-refractivity contribution in [2.45, 2.75) is 19.4 Å². The van der Waals surface area contributed by atoms with E-state index in [9.17, 15) is 9.59 Å². The number of hydrogen-bond donors (Lipinski definition) is 2. The van der Waals surface area contributed by atoms with Crippen molar-refractivity contribution in [1.29, 1.82) is 0 Å². The molecule has 5 nitrogen and oxygen atoms in total. The van der Waals surface area contributed by atoms with E-state index >= 15 is 0 Å². The molecule has 1 unspecified atom stereocenters. The summed E-state index contributed by atoms with van der Waals surface area (Å²) in [6.07, 6.45) is 1.85. The lowest BCUT2D eigenvalue weighted by molar-refractivity contribution is -0.122. The zero-order valence-electron chi connectivity index (χ0n) is 13.4. The molecule has 126 valence electrons. The van der Waals surface area contributed by atoms with E-state index in [0.29, 0.717) is 18.7 Å². The molecule has 2 aromatic rings. The highest BCUT2D eigenvalue weighted by Crippen LogP contribution is 2.23. The Bertz CT molecular complexity index is 698. The molecular weight excluding hydrogens is 322 g/mol. The molecule has 1 atom stereocenters. The van der Waals surface area contributed by atoms with E-state index in [1.807, 2.05) is 41.1 Å². The standard InChI is InChI=1S/C18H21N3O2S/c19-17(22)14-2-1-8-21(11-14)16-5-3-13(4-6-16)10-20-18(23)15-7-9-24-12-15/h3-7,9,12,14H,1-2,8,10-11H2,(H2,19,22)(H,20,23). The minimum Gasteiger partial charge on any atom is -0.371 e. The number of nitrogens with zero attached hydrogens (tertiary/aromatic N) is 1. The van der Waals surface area contributed by atoms with Crippen LogP contribution in [0, 0.1) is 5.92 Å². The van der Waals surface area contributed by atoms with Gasteiger partial charge in [-0.15, -0.1) is 0 Å². The molecule has 1 saturated heterocycles. The average molecular weight is 343 g/mol. The number of rotatable bonds is 5. The van der Waals surface area contributed by atoms with Crippen LogP contribution in [0.3, 0.4) is 0 Å². The second kappa shape index (κ2) is 7.49. The first kappa shape index (κ1) is 16.5. The number of anilines is 1. The Balaban J connectivity index is 1.57. The van der Waals surface area contributed by atoms with Crippen molar-refractivity contribution in [2.75, 3.05) is 18.0 Å². The molecule has 2 amide bonds. The van der Waals surface area contributed by atoms with Crippen LogP contribution in [0.25, 0.3) is 0 Å². The van der Waals surface area contributed by atoms with Gasteiger partial charge in [0, 0.05) is 36.3 Å². The van der Waals surface area contributed by atoms with Crippen LogP contribution < -0.4 is 16.0 Å². The monoisotopic (exact) mass is 343 g/mol. The number of amides is 2. The second-order valence-electron chi connectivity index (χ2n) is 6.05. The molecule has 6 heteroatoms. The molecule has 1 aromatic carbocycles. The van der Waals surface area contributed by atoms with E-state index in [1.165, 1.54) is 11.3 Å². The number of nitrogens with two attached hydrogens (primary N) is 1. The smallest absolute Gasteiger partial charge is 0.252 e. The van der Waals surface area contributed by atoms with E-state index < -0.39 is 0 Å². The van der Waals surface area contributed by atoms with Gasteiger partial charge in [0.25, 0.3) is 5.91 Å². The zero-order valence-corrected chi connectivity index (χ0v) is 14.2. The van der Waals surface area contributed by atoms with Crippen LogP contribution in [-0.4, -0.2) is 24.9 Å². The fourth-order valence-corrected chi connectivity index (χ4v) is 3.58. The molecule has 0 spiro atoms. The van der Waals surface area contributed by atoms with E-state index in [1.54, 1.807) is 0 Å². The van der Waals surface area contributed by atoms with E-state index in [0.717, 1.165) is 30.6 Å². The Morgan fingerprint density at radius 1 is 1.25 bits per heavy atom. The SMILES string of the molecule is NC(=O)C1CCCN(c2ccc(CNC(=O)c3ccsc3)cc2)C1. The molecule has 24 heavy (non-hydrogen) atoms. The largest absolute Gasteiger partial charge is 0.371 e. The van der Waals surface area contributed by atoms with Gasteiger partial charge in [-0.1, -0.05) is 12.1 Å². The lowest BCUT2D eigenvalue weighted by atomic mass is 9.97. The van der Waals surface area contributed by atoms with Crippen LogP contribution in [0.5, 0.6) is 0 Å². The van der Waals surface area contributed by atoms with Crippen molar-refractivity contribution in [3.63, 3.8) is 0 Å². The lowest BCUT2D eigenvalue weighted by Crippen LogP contribution is -2.41. The molecule has 0 bridgehead atoms. The number of thiophene rings is 1. The predicted molar refractivity (Wildman–Crippen MR) is 96.1 cm³/mol. The molecule has 0 saturated carbocycles. The minimum atomic E-state index is -0.215. The molecule has 3 rings (SSSR count). The molecule has 1 aromatic heterocycles. The Hall–Kier alpha value is -2.34. The van der Waals surface area contributed by atoms with Crippen LogP contribution >= 0.6 is 11.3 Å². The Morgan fingerprint density at radius 2 is 2.04 bits per heavy atom. The summed E-state index contributed by atoms with van der Waals surface area (Å²) in [7, 11) is 0. The maximum absolute atomic E-state index is 11.9. The van der Waals surface area contributed by atoms with Crippen LogP contribution in [0.2, 0.25) is 0 Å². The molecule has 1 fully saturated rings. The van der Waals surface area contributed by atoms with Crippen molar-refractivity contribution in [3.05, 3.63) is 52.2 Å². The first-order chi connectivity index (χ1) is 11.6. The first-order valence-electron chi connectivity index (χ1n) is 8.07. The third-order valence-electron chi connectivity index (χ3n) is 4.36. The molecule has 0 aliphatic carbocycles. The van der Waals surface area contributed by atoms with Gasteiger partial charge < -0.3 is 16.0 Å². The predicted octanol–water partition coefficient (Wildman–Crippen LogP) is 2.38. The van der Waals surface area contributed by atoms with Crippen LogP contribution in [0.15, 0.2) is 41.1 Å². The molecular formula is C18H21N3O2S. The third-order valence-corrected chi connectivity index (χ3v) is 5.04. The number of hydrogen-bond acceptors (Lipinski definition) is 4. The highest BCUT2D eigenvalue weighted by Gasteiger charge is 2.23. The maximum atomic E-state index is 11.9. The van der Waals surface area contributed by atoms with Gasteiger partial charge >= 0.3 is 0 Å². The zero-order chi connectivity index (χ0) is 16.9. The number of piperidine rings is 1. The molecule has 1 aliphatic rings. The van der Waals surface area contributed by atoms with Gasteiger partial charge in [0.15, 0.2) is 0 Å². The highest BCUT2D eigenvalue weighted by molar-refractivity contribution is 7.08. The number of benzene rings is 1. The van der Waals surface area contributed by atoms with E-state index in [-0.39, 0.29) is 17.7 Å². The summed E-state index contributed by atoms with van der Waals surface area (Å²) in [5.74, 6) is -0.337. The van der Waals surface area contributed by atoms with E-state index in [4.69, 9.17) is 5.73 Å². The second-order valence-corrected chi connectivity index (χ2v) is 6.83. The number of carbonyl (C=O) groups excluding carboxylic acids is 2. The van der Waals surface area contributed by atoms with Crippen molar-refractivity contribution in [3.8, 4) is 0 Å². The summed E-state index contributed by atoms with van der Waals surface area (Å²) in [6, 6.07) is 9.91. The van der Waals surface area contributed by atoms with Gasteiger partial charge in [-0.05, 0) is 42.0 Å². The summed E-state index contributed by atoms with van der Waals surface area (Å²) in [6.45, 7) is 2.13. The summed E-state index contributed by atoms with van der Waals surface area (Å²) >= 11 is 1.51. The Labute approximate surface area is 145 Å². The van der Waals surface area contributed by atoms with Gasteiger partial charge in [0.2, 0.25) is 5.91 Å². The number of primary amides is 1. The van der Waals surface area contributed by atoms with Crippen molar-refractivity contribution >= 4 is 28.8 Å². The van der Waals surface area contributed by atoms with Gasteiger partial charge in [-0.2, -0.15) is 11.3 Å². The number of carbonyl (C=O) groups is 2. The Morgan fingerprint density at radius 3 is 2.71 bits per heavy atom. The van der Waals surface area contributed by atoms with Gasteiger partial charge in [0.1, 0.15) is 0 Å². The Kier molecular flexibility index (Phi) is 5.15. The topological polar surface area (TPSA) is 75.4 Å². The van der Waals surface area contributed by atoms with Gasteiger partial charge in [0.05, 0.1) is 5.92 Å². The normalized spacial score (nSPS) is 17.5. The summed E-state index contributed by atoms with van der Waals surface area (Å²) in [4.78, 5) is 25.5. The quantitative estimate of drug-likeness (QED) is 0.875. The van der Waals surface area contributed by atoms with Crippen molar-refractivity contribution in [2.24, 2.45) is 11.7 Å². The fraction of sp³-hybridized carbons (Fsp3) is 0.333. The molecule has 3 N–H and O–H groups in total. The van der Waals surface area contributed by atoms with Crippen LogP contribution in [0.4, 0.5) is 5.69 Å². The summed E-state index contributed by atoms with van der Waals surface area (Å²) < 4.78 is 0. The van der Waals surface area contributed by atoms with Crippen LogP contribution in [-0.2, 0) is 11.3 Å². The van der Waals surface area contributed by atoms with Crippen LogP contribution in [0.1, 0.15) is 28.8 Å². The average Bonchev–Trinajstić information content (AvgIpc) is 3.15. The van der Waals surface area contributed by atoms with Gasteiger partial charge in [-0.3, -0.25) is 9.59 Å².